The van der Waals surface area contributed by atoms with Crippen LogP contribution in [0.3, 0.4) is 0 Å². The molecule has 0 radical (unpaired) electrons. The number of benzene rings is 2. The molecule has 5 nitrogen and oxygen atoms in total. The van der Waals surface area contributed by atoms with Gasteiger partial charge in [0, 0.05) is 5.56 Å². The van der Waals surface area contributed by atoms with Crippen molar-refractivity contribution in [2.45, 2.75) is 20.3 Å². The molecule has 0 fully saturated rings. The lowest BCUT2D eigenvalue weighted by Gasteiger charge is -2.05. The zero-order chi connectivity index (χ0) is 19.2. The van der Waals surface area contributed by atoms with Gasteiger partial charge in [-0.1, -0.05) is 35.9 Å². The fraction of sp³-hybridized carbons (Fsp3) is 0.136. The normalized spacial score (nSPS) is 10.7. The number of carbonyl (C=O) groups is 1. The number of carbonyl (C=O) groups excluding carboxylic acids is 1. The van der Waals surface area contributed by atoms with Crippen molar-refractivity contribution in [3.05, 3.63) is 82.6 Å². The molecule has 1 aromatic heterocycles. The van der Waals surface area contributed by atoms with Crippen molar-refractivity contribution in [1.82, 2.24) is 5.43 Å². The summed E-state index contributed by atoms with van der Waals surface area (Å²) in [7, 11) is 0. The standard InChI is InChI=1S/C22H19N3O2/c1-15-7-8-17(16(2)11-15)12-22(26)25-24-14-19-9-10-21(27-19)20-6-4-3-5-18(20)13-23/h3-11,14H,12H2,1-2H3,(H,25,26)/b24-14-. The van der Waals surface area contributed by atoms with E-state index in [1.54, 1.807) is 24.3 Å². The summed E-state index contributed by atoms with van der Waals surface area (Å²) in [4.78, 5) is 12.1. The van der Waals surface area contributed by atoms with E-state index in [9.17, 15) is 10.1 Å². The van der Waals surface area contributed by atoms with Gasteiger partial charge >= 0.3 is 0 Å². The van der Waals surface area contributed by atoms with Crippen LogP contribution in [0.5, 0.6) is 0 Å². The van der Waals surface area contributed by atoms with Crippen LogP contribution in [0.25, 0.3) is 11.3 Å². The molecule has 2 aromatic carbocycles. The van der Waals surface area contributed by atoms with E-state index in [1.807, 2.05) is 38.1 Å². The zero-order valence-electron chi connectivity index (χ0n) is 15.2. The maximum atomic E-state index is 12.1. The van der Waals surface area contributed by atoms with E-state index in [-0.39, 0.29) is 12.3 Å². The predicted octanol–water partition coefficient (Wildman–Crippen LogP) is 4.13. The number of nitrogens with zero attached hydrogens (tertiary/aromatic N) is 2. The molecule has 3 rings (SSSR count). The van der Waals surface area contributed by atoms with Crippen LogP contribution in [0.15, 0.2) is 64.1 Å². The van der Waals surface area contributed by atoms with Gasteiger partial charge in [-0.15, -0.1) is 0 Å². The monoisotopic (exact) mass is 357 g/mol. The number of rotatable bonds is 5. The van der Waals surface area contributed by atoms with Crippen molar-refractivity contribution in [3.63, 3.8) is 0 Å². The first kappa shape index (κ1) is 18.2. The lowest BCUT2D eigenvalue weighted by molar-refractivity contribution is -0.120. The minimum Gasteiger partial charge on any atom is -0.455 e. The van der Waals surface area contributed by atoms with Crippen molar-refractivity contribution in [1.29, 1.82) is 5.26 Å². The summed E-state index contributed by atoms with van der Waals surface area (Å²) in [5.41, 5.74) is 7.00. The molecule has 0 unspecified atom stereocenters. The van der Waals surface area contributed by atoms with Crippen LogP contribution in [0.2, 0.25) is 0 Å². The van der Waals surface area contributed by atoms with Gasteiger partial charge in [-0.3, -0.25) is 4.79 Å². The maximum Gasteiger partial charge on any atom is 0.244 e. The molecule has 134 valence electrons. The van der Waals surface area contributed by atoms with E-state index >= 15 is 0 Å². The Kier molecular flexibility index (Phi) is 5.48. The summed E-state index contributed by atoms with van der Waals surface area (Å²) in [6.07, 6.45) is 1.71. The van der Waals surface area contributed by atoms with Crippen molar-refractivity contribution in [2.75, 3.05) is 0 Å². The SMILES string of the molecule is Cc1ccc(CC(=O)N/N=C\c2ccc(-c3ccccc3C#N)o2)c(C)c1. The van der Waals surface area contributed by atoms with Crippen molar-refractivity contribution < 1.29 is 9.21 Å². The van der Waals surface area contributed by atoms with Crippen molar-refractivity contribution in [2.24, 2.45) is 5.10 Å². The van der Waals surface area contributed by atoms with Gasteiger partial charge in [0.05, 0.1) is 24.3 Å². The Bertz CT molecular complexity index is 1040. The van der Waals surface area contributed by atoms with Gasteiger partial charge in [0.15, 0.2) is 0 Å². The molecular weight excluding hydrogens is 338 g/mol. The van der Waals surface area contributed by atoms with Gasteiger partial charge in [0.1, 0.15) is 11.5 Å². The van der Waals surface area contributed by atoms with Crippen LogP contribution in [0.4, 0.5) is 0 Å². The highest BCUT2D eigenvalue weighted by atomic mass is 16.3. The van der Waals surface area contributed by atoms with Crippen molar-refractivity contribution in [3.8, 4) is 17.4 Å². The van der Waals surface area contributed by atoms with Crippen LogP contribution < -0.4 is 5.43 Å². The molecule has 27 heavy (non-hydrogen) atoms. The van der Waals surface area contributed by atoms with E-state index in [0.717, 1.165) is 16.7 Å². The first-order valence-electron chi connectivity index (χ1n) is 8.54. The van der Waals surface area contributed by atoms with Gasteiger partial charge in [-0.05, 0) is 49.2 Å². The molecule has 0 spiro atoms. The molecule has 0 atom stereocenters. The Hall–Kier alpha value is -3.65. The Morgan fingerprint density at radius 2 is 2.00 bits per heavy atom. The molecule has 5 heteroatoms. The Morgan fingerprint density at radius 3 is 2.78 bits per heavy atom. The third-order valence-corrected chi connectivity index (χ3v) is 4.17. The summed E-state index contributed by atoms with van der Waals surface area (Å²) >= 11 is 0. The second-order valence-corrected chi connectivity index (χ2v) is 6.26. The molecule has 3 aromatic rings. The van der Waals surface area contributed by atoms with Gasteiger partial charge in [0.2, 0.25) is 5.91 Å². The number of nitrogens with one attached hydrogen (secondary N) is 1. The number of nitriles is 1. The van der Waals surface area contributed by atoms with E-state index in [0.29, 0.717) is 17.1 Å². The second-order valence-electron chi connectivity index (χ2n) is 6.26. The van der Waals surface area contributed by atoms with Gasteiger partial charge in [0.25, 0.3) is 0 Å². The number of hydrazone groups is 1. The number of hydrogen-bond donors (Lipinski definition) is 1. The Labute approximate surface area is 157 Å². The summed E-state index contributed by atoms with van der Waals surface area (Å²) in [6.45, 7) is 4.01. The molecule has 0 aliphatic carbocycles. The van der Waals surface area contributed by atoms with Crippen LogP contribution in [0, 0.1) is 25.2 Å². The number of amides is 1. The van der Waals surface area contributed by atoms with Crippen LogP contribution in [-0.2, 0) is 11.2 Å². The quantitative estimate of drug-likeness (QED) is 0.551. The molecule has 1 N–H and O–H groups in total. The summed E-state index contributed by atoms with van der Waals surface area (Å²) < 4.78 is 5.69. The first-order chi connectivity index (χ1) is 13.1. The lowest BCUT2D eigenvalue weighted by atomic mass is 10.0. The van der Waals surface area contributed by atoms with Crippen LogP contribution in [0.1, 0.15) is 28.0 Å². The molecule has 0 aliphatic rings. The third kappa shape index (κ3) is 4.50. The fourth-order valence-electron chi connectivity index (χ4n) is 2.79. The van der Waals surface area contributed by atoms with Crippen molar-refractivity contribution >= 4 is 12.1 Å². The van der Waals surface area contributed by atoms with Crippen LogP contribution in [-0.4, -0.2) is 12.1 Å². The fourth-order valence-corrected chi connectivity index (χ4v) is 2.79. The largest absolute Gasteiger partial charge is 0.455 e. The smallest absolute Gasteiger partial charge is 0.244 e. The topological polar surface area (TPSA) is 78.4 Å². The average molecular weight is 357 g/mol. The van der Waals surface area contributed by atoms with Gasteiger partial charge in [-0.2, -0.15) is 10.4 Å². The molecular formula is C22H19N3O2. The summed E-state index contributed by atoms with van der Waals surface area (Å²) in [5.74, 6) is 0.875. The minimum absolute atomic E-state index is 0.195. The number of hydrogen-bond acceptors (Lipinski definition) is 4. The first-order valence-corrected chi connectivity index (χ1v) is 8.54. The minimum atomic E-state index is -0.195. The van der Waals surface area contributed by atoms with E-state index in [2.05, 4.69) is 22.7 Å². The average Bonchev–Trinajstić information content (AvgIpc) is 3.13. The lowest BCUT2D eigenvalue weighted by Crippen LogP contribution is -2.20. The Balaban J connectivity index is 1.63. The highest BCUT2D eigenvalue weighted by Crippen LogP contribution is 2.24. The maximum absolute atomic E-state index is 12.1. The van der Waals surface area contributed by atoms with E-state index in [4.69, 9.17) is 4.42 Å². The number of aryl methyl sites for hydroxylation is 2. The summed E-state index contributed by atoms with van der Waals surface area (Å²) in [5, 5.41) is 13.1. The predicted molar refractivity (Wildman–Crippen MR) is 104 cm³/mol. The van der Waals surface area contributed by atoms with Gasteiger partial charge in [-0.25, -0.2) is 5.43 Å². The molecule has 1 heterocycles. The summed E-state index contributed by atoms with van der Waals surface area (Å²) in [6, 6.07) is 18.9. The third-order valence-electron chi connectivity index (χ3n) is 4.17. The van der Waals surface area contributed by atoms with E-state index in [1.165, 1.54) is 11.8 Å². The van der Waals surface area contributed by atoms with Gasteiger partial charge < -0.3 is 4.42 Å². The molecule has 0 saturated heterocycles. The molecule has 0 saturated carbocycles. The highest BCUT2D eigenvalue weighted by Gasteiger charge is 2.08. The Morgan fingerprint density at radius 1 is 1.19 bits per heavy atom. The van der Waals surface area contributed by atoms with E-state index < -0.39 is 0 Å². The second kappa shape index (κ2) is 8.15. The number of furan rings is 1. The molecule has 1 amide bonds. The zero-order valence-corrected chi connectivity index (χ0v) is 15.2. The van der Waals surface area contributed by atoms with Crippen LogP contribution >= 0.6 is 0 Å². The molecule has 0 bridgehead atoms. The highest BCUT2D eigenvalue weighted by molar-refractivity contribution is 5.82. The molecule has 0 aliphatic heterocycles.